The Bertz CT molecular complexity index is 3500. The fourth-order valence-corrected chi connectivity index (χ4v) is 8.70. The normalized spacial score (nSPS) is 11.8. The number of aromatic nitrogens is 6. The molecule has 0 aliphatic rings. The maximum Gasteiger partial charge on any atom is 0.164 e. The van der Waals surface area contributed by atoms with Crippen LogP contribution in [0.4, 0.5) is 0 Å². The van der Waals surface area contributed by atoms with Crippen molar-refractivity contribution in [3.63, 3.8) is 0 Å². The zero-order chi connectivity index (χ0) is 38.2. The third-order valence-electron chi connectivity index (χ3n) is 11.3. The predicted octanol–water partition coefficient (Wildman–Crippen LogP) is 12.7. The average Bonchev–Trinajstić information content (AvgIpc) is 3.87. The van der Waals surface area contributed by atoms with Crippen LogP contribution in [0, 0.1) is 0 Å². The molecule has 12 aromatic rings. The highest BCUT2D eigenvalue weighted by atomic mass is 15.1. The molecular formula is C52H32N6. The van der Waals surface area contributed by atoms with E-state index in [-0.39, 0.29) is 0 Å². The Morgan fingerprint density at radius 2 is 0.810 bits per heavy atom. The van der Waals surface area contributed by atoms with Gasteiger partial charge in [0.05, 0.1) is 22.1 Å². The molecule has 0 N–H and O–H groups in total. The van der Waals surface area contributed by atoms with Crippen LogP contribution in [0.3, 0.4) is 0 Å². The van der Waals surface area contributed by atoms with Gasteiger partial charge < -0.3 is 4.57 Å². The quantitative estimate of drug-likeness (QED) is 0.165. The number of hydrogen-bond acceptors (Lipinski definition) is 4. The molecule has 0 fully saturated rings. The third kappa shape index (κ3) is 4.98. The van der Waals surface area contributed by atoms with Gasteiger partial charge in [0.1, 0.15) is 11.2 Å². The van der Waals surface area contributed by atoms with Crippen molar-refractivity contribution in [1.82, 2.24) is 28.9 Å². The molecular weight excluding hydrogens is 709 g/mol. The lowest BCUT2D eigenvalue weighted by molar-refractivity contribution is 1.07. The van der Waals surface area contributed by atoms with Gasteiger partial charge in [-0.2, -0.15) is 0 Å². The Morgan fingerprint density at radius 1 is 0.310 bits per heavy atom. The summed E-state index contributed by atoms with van der Waals surface area (Å²) in [6.45, 7) is 0. The number of rotatable bonds is 5. The van der Waals surface area contributed by atoms with Crippen molar-refractivity contribution < 1.29 is 0 Å². The molecule has 6 nitrogen and oxygen atoms in total. The molecule has 0 saturated carbocycles. The van der Waals surface area contributed by atoms with Crippen LogP contribution >= 0.6 is 0 Å². The lowest BCUT2D eigenvalue weighted by atomic mass is 10.0. The summed E-state index contributed by atoms with van der Waals surface area (Å²) >= 11 is 0. The molecule has 0 amide bonds. The van der Waals surface area contributed by atoms with Crippen LogP contribution in [0.15, 0.2) is 194 Å². The zero-order valence-corrected chi connectivity index (χ0v) is 31.2. The minimum atomic E-state index is 0.600. The van der Waals surface area contributed by atoms with Gasteiger partial charge >= 0.3 is 0 Å². The first-order valence-corrected chi connectivity index (χ1v) is 19.5. The minimum Gasteiger partial charge on any atom is -0.307 e. The van der Waals surface area contributed by atoms with E-state index in [0.29, 0.717) is 17.5 Å². The molecule has 0 spiro atoms. The highest BCUT2D eigenvalue weighted by molar-refractivity contribution is 6.20. The summed E-state index contributed by atoms with van der Waals surface area (Å²) in [5.41, 5.74) is 12.1. The molecule has 8 aromatic carbocycles. The molecule has 0 atom stereocenters. The highest BCUT2D eigenvalue weighted by Gasteiger charge is 2.22. The third-order valence-corrected chi connectivity index (χ3v) is 11.3. The fraction of sp³-hybridized carbons (Fsp3) is 0. The first-order valence-electron chi connectivity index (χ1n) is 19.5. The summed E-state index contributed by atoms with van der Waals surface area (Å²) in [6.07, 6.45) is 0. The molecule has 0 aliphatic heterocycles. The summed E-state index contributed by atoms with van der Waals surface area (Å²) in [7, 11) is 0. The summed E-state index contributed by atoms with van der Waals surface area (Å²) in [5.74, 6) is 1.85. The molecule has 4 heterocycles. The van der Waals surface area contributed by atoms with E-state index in [4.69, 9.17) is 19.9 Å². The maximum absolute atomic E-state index is 5.56. The van der Waals surface area contributed by atoms with Gasteiger partial charge in [-0.05, 0) is 59.0 Å². The van der Waals surface area contributed by atoms with Gasteiger partial charge in [0, 0.05) is 43.9 Å². The lowest BCUT2D eigenvalue weighted by Crippen LogP contribution is -2.02. The number of hydrogen-bond donors (Lipinski definition) is 0. The van der Waals surface area contributed by atoms with Crippen LogP contribution in [0.2, 0.25) is 0 Å². The van der Waals surface area contributed by atoms with E-state index in [1.807, 2.05) is 60.7 Å². The highest BCUT2D eigenvalue weighted by Crippen LogP contribution is 2.41. The molecule has 0 aliphatic carbocycles. The number of imidazole rings is 1. The van der Waals surface area contributed by atoms with E-state index in [2.05, 4.69) is 142 Å². The van der Waals surface area contributed by atoms with Crippen LogP contribution in [0.1, 0.15) is 0 Å². The number of pyridine rings is 1. The topological polar surface area (TPSA) is 60.9 Å². The molecule has 12 rings (SSSR count). The number of para-hydroxylation sites is 2. The second-order valence-corrected chi connectivity index (χ2v) is 14.7. The lowest BCUT2D eigenvalue weighted by Gasteiger charge is -2.14. The van der Waals surface area contributed by atoms with E-state index >= 15 is 0 Å². The molecule has 0 unspecified atom stereocenters. The molecule has 6 heteroatoms. The van der Waals surface area contributed by atoms with E-state index in [9.17, 15) is 0 Å². The SMILES string of the molecule is c1ccc(-c2cc(-c3nc(-c4ccccc4)nc(-c4ccccc4)n3)cc(-n3c4ccccc4c4ccc5c(nc6c7ccccc7c7ccccc7n56)c43)c2)cc1. The van der Waals surface area contributed by atoms with Gasteiger partial charge in [-0.1, -0.05) is 152 Å². The fourth-order valence-electron chi connectivity index (χ4n) is 8.70. The molecule has 0 radical (unpaired) electrons. The van der Waals surface area contributed by atoms with Crippen molar-refractivity contribution in [2.45, 2.75) is 0 Å². The molecule has 0 bridgehead atoms. The van der Waals surface area contributed by atoms with Crippen LogP contribution in [0.5, 0.6) is 0 Å². The Balaban J connectivity index is 1.19. The van der Waals surface area contributed by atoms with Gasteiger partial charge in [0.15, 0.2) is 17.5 Å². The van der Waals surface area contributed by atoms with Crippen molar-refractivity contribution in [2.75, 3.05) is 0 Å². The van der Waals surface area contributed by atoms with Crippen molar-refractivity contribution in [2.24, 2.45) is 0 Å². The van der Waals surface area contributed by atoms with Crippen molar-refractivity contribution in [3.05, 3.63) is 194 Å². The van der Waals surface area contributed by atoms with Gasteiger partial charge in [0.25, 0.3) is 0 Å². The van der Waals surface area contributed by atoms with Crippen molar-refractivity contribution >= 4 is 60.2 Å². The molecule has 58 heavy (non-hydrogen) atoms. The Labute approximate surface area is 333 Å². The zero-order valence-electron chi connectivity index (χ0n) is 31.2. The second kappa shape index (κ2) is 12.8. The van der Waals surface area contributed by atoms with Crippen LogP contribution in [-0.2, 0) is 0 Å². The van der Waals surface area contributed by atoms with E-state index in [1.165, 1.54) is 10.8 Å². The Hall–Kier alpha value is -7.96. The van der Waals surface area contributed by atoms with Gasteiger partial charge in [-0.3, -0.25) is 4.40 Å². The van der Waals surface area contributed by atoms with Gasteiger partial charge in [0.2, 0.25) is 0 Å². The smallest absolute Gasteiger partial charge is 0.164 e. The maximum atomic E-state index is 5.56. The molecule has 0 saturated heterocycles. The van der Waals surface area contributed by atoms with E-state index in [1.54, 1.807) is 0 Å². The van der Waals surface area contributed by atoms with E-state index < -0.39 is 0 Å². The first-order chi connectivity index (χ1) is 28.8. The van der Waals surface area contributed by atoms with Crippen LogP contribution in [-0.4, -0.2) is 28.9 Å². The standard InChI is InChI=1S/C52H32N6/c1-4-16-33(17-5-1)36-30-37(51-55-49(34-18-6-2-7-19-34)54-50(56-51)35-20-8-3-9-21-35)32-38(31-36)57-44-26-14-13-24-41(44)42-28-29-46-47(48(42)57)53-52-43-25-11-10-22-39(43)40-23-12-15-27-45(40)58(46)52/h1-32H. The molecule has 4 aromatic heterocycles. The largest absolute Gasteiger partial charge is 0.307 e. The second-order valence-electron chi connectivity index (χ2n) is 14.7. The number of fused-ring (bicyclic) bond motifs is 12. The first kappa shape index (κ1) is 32.3. The monoisotopic (exact) mass is 740 g/mol. The van der Waals surface area contributed by atoms with Crippen molar-refractivity contribution in [3.8, 4) is 51.0 Å². The predicted molar refractivity (Wildman–Crippen MR) is 237 cm³/mol. The Morgan fingerprint density at radius 3 is 1.47 bits per heavy atom. The van der Waals surface area contributed by atoms with Gasteiger partial charge in [-0.25, -0.2) is 19.9 Å². The molecule has 270 valence electrons. The average molecular weight is 741 g/mol. The minimum absolute atomic E-state index is 0.600. The van der Waals surface area contributed by atoms with Crippen LogP contribution in [0.25, 0.3) is 111 Å². The van der Waals surface area contributed by atoms with E-state index in [0.717, 1.165) is 82.9 Å². The van der Waals surface area contributed by atoms with Crippen LogP contribution < -0.4 is 0 Å². The summed E-state index contributed by atoms with van der Waals surface area (Å²) in [4.78, 5) is 20.9. The van der Waals surface area contributed by atoms with Crippen molar-refractivity contribution in [1.29, 1.82) is 0 Å². The number of nitrogens with zero attached hydrogens (tertiary/aromatic N) is 6. The summed E-state index contributed by atoms with van der Waals surface area (Å²) < 4.78 is 4.72. The summed E-state index contributed by atoms with van der Waals surface area (Å²) in [6, 6.07) is 67.9. The summed E-state index contributed by atoms with van der Waals surface area (Å²) in [5, 5.41) is 5.83. The number of benzene rings is 8. The Kier molecular flexibility index (Phi) is 7.13. The van der Waals surface area contributed by atoms with Gasteiger partial charge in [-0.15, -0.1) is 0 Å².